The highest BCUT2D eigenvalue weighted by molar-refractivity contribution is 7.71. The molecule has 0 unspecified atom stereocenters. The summed E-state index contributed by atoms with van der Waals surface area (Å²) in [6.07, 6.45) is 0. The quantitative estimate of drug-likeness (QED) is 0.135. The van der Waals surface area contributed by atoms with Gasteiger partial charge in [-0.3, -0.25) is 0 Å². The lowest BCUT2D eigenvalue weighted by atomic mass is 9.97. The van der Waals surface area contributed by atoms with Crippen LogP contribution in [0.15, 0.2) is 65.4 Å². The van der Waals surface area contributed by atoms with Gasteiger partial charge in [-0.2, -0.15) is 5.21 Å². The Labute approximate surface area is 227 Å². The van der Waals surface area contributed by atoms with Crippen LogP contribution in [0.5, 0.6) is 15.9 Å². The molecule has 0 saturated heterocycles. The lowest BCUT2D eigenvalue weighted by molar-refractivity contribution is 0.347. The van der Waals surface area contributed by atoms with Gasteiger partial charge in [0.05, 0.1) is 18.9 Å². The zero-order valence-corrected chi connectivity index (χ0v) is 22.7. The second kappa shape index (κ2) is 11.6. The smallest absolute Gasteiger partial charge is 0.242 e. The van der Waals surface area contributed by atoms with Crippen LogP contribution in [-0.2, 0) is 0 Å². The molecule has 0 aliphatic carbocycles. The molecule has 0 atom stereocenters. The molecule has 2 aromatic carbocycles. The lowest BCUT2D eigenvalue weighted by Gasteiger charge is -2.13. The average Bonchev–Trinajstić information content (AvgIpc) is 3.66. The highest BCUT2D eigenvalue weighted by Crippen LogP contribution is 2.41. The monoisotopic (exact) mass is 551 g/mol. The fraction of sp³-hybridized carbons (Fsp3) is 0.192. The number of rotatable bonds is 11. The van der Waals surface area contributed by atoms with Crippen molar-refractivity contribution >= 4 is 40.6 Å². The topological polar surface area (TPSA) is 86.2 Å². The number of anilines is 1. The maximum Gasteiger partial charge on any atom is 0.242 e. The van der Waals surface area contributed by atoms with Crippen LogP contribution in [0.3, 0.4) is 0 Å². The first-order valence-corrected chi connectivity index (χ1v) is 13.9. The van der Waals surface area contributed by atoms with Crippen LogP contribution in [0.1, 0.15) is 13.8 Å². The van der Waals surface area contributed by atoms with Crippen molar-refractivity contribution in [3.8, 4) is 43.8 Å². The summed E-state index contributed by atoms with van der Waals surface area (Å²) in [4.78, 5) is 0. The highest BCUT2D eigenvalue weighted by Gasteiger charge is 2.14. The van der Waals surface area contributed by atoms with Crippen molar-refractivity contribution in [1.29, 1.82) is 0 Å². The Morgan fingerprint density at radius 1 is 0.892 bits per heavy atom. The van der Waals surface area contributed by atoms with Gasteiger partial charge in [0.2, 0.25) is 4.77 Å². The van der Waals surface area contributed by atoms with Crippen molar-refractivity contribution < 1.29 is 14.2 Å². The molecule has 8 nitrogen and oxygen atoms in total. The fourth-order valence-electron chi connectivity index (χ4n) is 3.78. The minimum Gasteiger partial charge on any atom is -0.484 e. The van der Waals surface area contributed by atoms with Crippen LogP contribution in [0.2, 0.25) is 0 Å². The Bertz CT molecular complexity index is 1540. The Hall–Kier alpha value is -3.67. The first-order valence-electron chi connectivity index (χ1n) is 11.7. The summed E-state index contributed by atoms with van der Waals surface area (Å²) < 4.78 is 19.5. The first-order chi connectivity index (χ1) is 18.1. The van der Waals surface area contributed by atoms with Crippen LogP contribution in [-0.4, -0.2) is 40.2 Å². The zero-order valence-electron chi connectivity index (χ0n) is 20.3. The largest absolute Gasteiger partial charge is 0.484 e. The minimum absolute atomic E-state index is 0.287. The Kier molecular flexibility index (Phi) is 7.83. The van der Waals surface area contributed by atoms with Gasteiger partial charge in [-0.15, -0.1) is 22.7 Å². The first kappa shape index (κ1) is 25.0. The number of H-pyrrole nitrogens is 1. The van der Waals surface area contributed by atoms with E-state index in [0.717, 1.165) is 49.5 Å². The zero-order chi connectivity index (χ0) is 25.6. The molecule has 0 aliphatic rings. The maximum absolute atomic E-state index is 6.09. The van der Waals surface area contributed by atoms with Crippen LogP contribution in [0, 0.1) is 4.77 Å². The predicted octanol–water partition coefficient (Wildman–Crippen LogP) is 7.03. The lowest BCUT2D eigenvalue weighted by Crippen LogP contribution is -2.09. The molecule has 5 rings (SSSR count). The van der Waals surface area contributed by atoms with E-state index >= 15 is 0 Å². The minimum atomic E-state index is 0.287. The fourth-order valence-corrected chi connectivity index (χ4v) is 5.60. The average molecular weight is 552 g/mol. The Balaban J connectivity index is 1.36. The molecule has 0 aliphatic heterocycles. The molecular formula is C26H25N5O3S3. The molecule has 2 N–H and O–H groups in total. The van der Waals surface area contributed by atoms with Crippen molar-refractivity contribution in [2.75, 3.05) is 25.3 Å². The Morgan fingerprint density at radius 3 is 2.30 bits per heavy atom. The van der Waals surface area contributed by atoms with Crippen LogP contribution in [0.4, 0.5) is 5.69 Å². The van der Waals surface area contributed by atoms with Crippen molar-refractivity contribution in [2.24, 2.45) is 0 Å². The van der Waals surface area contributed by atoms with Gasteiger partial charge in [0.25, 0.3) is 0 Å². The number of ether oxygens (including phenoxy) is 3. The molecule has 3 heterocycles. The third kappa shape index (κ3) is 5.85. The van der Waals surface area contributed by atoms with Crippen LogP contribution in [0.25, 0.3) is 27.9 Å². The Morgan fingerprint density at radius 2 is 1.62 bits per heavy atom. The molecule has 5 aromatic rings. The molecule has 11 heteroatoms. The molecule has 0 radical (unpaired) electrons. The normalized spacial score (nSPS) is 10.9. The van der Waals surface area contributed by atoms with E-state index in [2.05, 4.69) is 55.9 Å². The summed E-state index contributed by atoms with van der Waals surface area (Å²) in [5.74, 6) is 0.756. The number of hydrogen-bond donors (Lipinski definition) is 2. The van der Waals surface area contributed by atoms with E-state index in [0.29, 0.717) is 18.0 Å². The van der Waals surface area contributed by atoms with Crippen molar-refractivity contribution in [1.82, 2.24) is 20.2 Å². The summed E-state index contributed by atoms with van der Waals surface area (Å²) in [6, 6.07) is 18.1. The van der Waals surface area contributed by atoms with Gasteiger partial charge < -0.3 is 19.5 Å². The van der Waals surface area contributed by atoms with Gasteiger partial charge >= 0.3 is 0 Å². The van der Waals surface area contributed by atoms with Crippen molar-refractivity contribution in [3.05, 3.63) is 70.1 Å². The molecule has 37 heavy (non-hydrogen) atoms. The second-order valence-corrected chi connectivity index (χ2v) is 9.93. The summed E-state index contributed by atoms with van der Waals surface area (Å²) in [7, 11) is 0. The molecule has 0 bridgehead atoms. The summed E-state index contributed by atoms with van der Waals surface area (Å²) in [6.45, 7) is 5.54. The molecular weight excluding hydrogens is 527 g/mol. The number of nitrogens with zero attached hydrogens (tertiary/aromatic N) is 3. The molecule has 0 amide bonds. The second-order valence-electron chi connectivity index (χ2n) is 7.82. The van der Waals surface area contributed by atoms with Gasteiger partial charge in [0.15, 0.2) is 16.9 Å². The maximum atomic E-state index is 6.09. The summed E-state index contributed by atoms with van der Waals surface area (Å²) in [5.41, 5.74) is 6.09. The number of hydrogen-bond acceptors (Lipinski definition) is 9. The van der Waals surface area contributed by atoms with E-state index in [4.69, 9.17) is 26.4 Å². The summed E-state index contributed by atoms with van der Waals surface area (Å²) in [5, 5.41) is 19.7. The van der Waals surface area contributed by atoms with Gasteiger partial charge in [0.1, 0.15) is 5.75 Å². The molecule has 0 spiro atoms. The van der Waals surface area contributed by atoms with Gasteiger partial charge in [-0.05, 0) is 90.8 Å². The van der Waals surface area contributed by atoms with E-state index in [1.54, 1.807) is 27.4 Å². The third-order valence-corrected chi connectivity index (χ3v) is 7.37. The van der Waals surface area contributed by atoms with E-state index in [1.807, 2.05) is 44.2 Å². The number of aromatic nitrogens is 4. The van der Waals surface area contributed by atoms with Gasteiger partial charge in [-0.1, -0.05) is 22.4 Å². The highest BCUT2D eigenvalue weighted by atomic mass is 32.1. The summed E-state index contributed by atoms with van der Waals surface area (Å²) >= 11 is 8.38. The van der Waals surface area contributed by atoms with Gasteiger partial charge in [0, 0.05) is 16.4 Å². The standard InChI is InChI=1S/C26H25N5O3S3/c1-3-32-24-10-17(14-36-24)22-9-8-21(13-23(22)18-11-25(33-4-2)37-15-18)34-16-27-19-6-5-7-20(12-19)31-26(35)28-29-30-31/h5-15,27H,3-4,16H2,1-2H3,(H,28,30,35). The predicted molar refractivity (Wildman–Crippen MR) is 151 cm³/mol. The van der Waals surface area contributed by atoms with Crippen molar-refractivity contribution in [2.45, 2.75) is 13.8 Å². The number of thiophene rings is 2. The van der Waals surface area contributed by atoms with E-state index in [1.165, 1.54) is 0 Å². The van der Waals surface area contributed by atoms with Gasteiger partial charge in [-0.25, -0.2) is 4.68 Å². The molecule has 0 saturated carbocycles. The third-order valence-electron chi connectivity index (χ3n) is 5.43. The number of aromatic amines is 1. The van der Waals surface area contributed by atoms with Crippen LogP contribution < -0.4 is 19.5 Å². The molecule has 190 valence electrons. The number of nitrogens with one attached hydrogen (secondary N) is 2. The number of benzene rings is 2. The van der Waals surface area contributed by atoms with Crippen molar-refractivity contribution in [3.63, 3.8) is 0 Å². The SMILES string of the molecule is CCOc1cc(-c2ccc(OCNc3cccc(-n4[nH]nnc4=S)c3)cc2-c2csc(OCC)c2)cs1. The van der Waals surface area contributed by atoms with E-state index in [-0.39, 0.29) is 6.73 Å². The van der Waals surface area contributed by atoms with E-state index in [9.17, 15) is 0 Å². The molecule has 3 aromatic heterocycles. The molecule has 0 fully saturated rings. The number of tetrazole rings is 1. The van der Waals surface area contributed by atoms with E-state index < -0.39 is 0 Å². The van der Waals surface area contributed by atoms with Crippen LogP contribution >= 0.6 is 34.9 Å².